The molecule has 1 N–H and O–H groups in total. The Kier molecular flexibility index (Phi) is 11.0. The first-order valence-electron chi connectivity index (χ1n) is 15.3. The fourth-order valence-electron chi connectivity index (χ4n) is 7.05. The molecule has 10 nitrogen and oxygen atoms in total. The summed E-state index contributed by atoms with van der Waals surface area (Å²) >= 11 is 0. The van der Waals surface area contributed by atoms with Gasteiger partial charge in [-0.25, -0.2) is 0 Å². The second kappa shape index (κ2) is 13.8. The summed E-state index contributed by atoms with van der Waals surface area (Å²) in [5.74, 6) is -3.45. The van der Waals surface area contributed by atoms with E-state index in [-0.39, 0.29) is 24.7 Å². The number of allylic oxidation sites excluding steroid dienone is 2. The van der Waals surface area contributed by atoms with E-state index in [1.807, 2.05) is 27.7 Å². The molecule has 0 aromatic rings. The van der Waals surface area contributed by atoms with Crippen molar-refractivity contribution in [2.24, 2.45) is 28.6 Å². The maximum atomic E-state index is 13.0. The standard InChI is InChI=1S/C33H48O10/c1-10-13-26(36)42-30-24-16-23(41-29(38)19(5)12-3)17-25-32(9,15-14-18(4)11-2)20(6)27(39-21(7)34)28(37)33(24,25)31(43-30)40-22(8)35/h11,16,19-20,23,25,27-28,30-31,37H,2,4,10,12-15,17H2,1,3,5-9H3/t19-,20+,23-,25-,27-,28-,30-,31+,32-,33-/m1/s1. The van der Waals surface area contributed by atoms with Crippen molar-refractivity contribution in [1.82, 2.24) is 0 Å². The molecule has 1 saturated heterocycles. The zero-order chi connectivity index (χ0) is 32.3. The van der Waals surface area contributed by atoms with Gasteiger partial charge < -0.3 is 24.1 Å². The second-order valence-corrected chi connectivity index (χ2v) is 12.5. The lowest BCUT2D eigenvalue weighted by molar-refractivity contribution is -0.276. The van der Waals surface area contributed by atoms with Crippen LogP contribution in [0.2, 0.25) is 0 Å². The predicted octanol–water partition coefficient (Wildman–Crippen LogP) is 4.94. The zero-order valence-corrected chi connectivity index (χ0v) is 26.6. The summed E-state index contributed by atoms with van der Waals surface area (Å²) in [5, 5.41) is 12.3. The van der Waals surface area contributed by atoms with Crippen LogP contribution in [-0.4, -0.2) is 59.9 Å². The highest BCUT2D eigenvalue weighted by molar-refractivity contribution is 5.72. The summed E-state index contributed by atoms with van der Waals surface area (Å²) < 4.78 is 29.5. The van der Waals surface area contributed by atoms with E-state index in [1.54, 1.807) is 19.1 Å². The van der Waals surface area contributed by atoms with E-state index >= 15 is 0 Å². The van der Waals surface area contributed by atoms with Crippen molar-refractivity contribution in [3.05, 3.63) is 36.5 Å². The van der Waals surface area contributed by atoms with Crippen LogP contribution in [0.3, 0.4) is 0 Å². The highest BCUT2D eigenvalue weighted by Crippen LogP contribution is 2.67. The number of hydrogen-bond donors (Lipinski definition) is 1. The Balaban J connectivity index is 2.30. The highest BCUT2D eigenvalue weighted by Gasteiger charge is 2.74. The molecule has 2 aliphatic carbocycles. The Morgan fingerprint density at radius 2 is 1.77 bits per heavy atom. The third kappa shape index (κ3) is 6.60. The maximum Gasteiger partial charge on any atom is 0.309 e. The van der Waals surface area contributed by atoms with Crippen LogP contribution in [0.15, 0.2) is 36.5 Å². The van der Waals surface area contributed by atoms with Gasteiger partial charge in [-0.2, -0.15) is 0 Å². The van der Waals surface area contributed by atoms with Gasteiger partial charge in [-0.3, -0.25) is 23.9 Å². The molecule has 3 aliphatic rings. The molecule has 0 bridgehead atoms. The van der Waals surface area contributed by atoms with Crippen LogP contribution in [0.1, 0.15) is 87.0 Å². The molecule has 0 amide bonds. The summed E-state index contributed by atoms with van der Waals surface area (Å²) in [7, 11) is 0. The highest BCUT2D eigenvalue weighted by atomic mass is 16.8. The quantitative estimate of drug-likeness (QED) is 0.141. The summed E-state index contributed by atoms with van der Waals surface area (Å²) in [6.45, 7) is 19.9. The van der Waals surface area contributed by atoms with E-state index in [2.05, 4.69) is 13.2 Å². The van der Waals surface area contributed by atoms with Crippen LogP contribution in [0, 0.1) is 28.6 Å². The van der Waals surface area contributed by atoms with Gasteiger partial charge >= 0.3 is 23.9 Å². The fraction of sp³-hybridized carbons (Fsp3) is 0.697. The number of aliphatic hydroxyl groups is 1. The van der Waals surface area contributed by atoms with Crippen LogP contribution in [0.5, 0.6) is 0 Å². The van der Waals surface area contributed by atoms with Crippen molar-refractivity contribution in [1.29, 1.82) is 0 Å². The van der Waals surface area contributed by atoms with Gasteiger partial charge in [0.2, 0.25) is 12.6 Å². The first-order chi connectivity index (χ1) is 20.2. The van der Waals surface area contributed by atoms with E-state index in [4.69, 9.17) is 23.7 Å². The molecule has 10 atom stereocenters. The van der Waals surface area contributed by atoms with Gasteiger partial charge in [0.25, 0.3) is 0 Å². The summed E-state index contributed by atoms with van der Waals surface area (Å²) in [4.78, 5) is 50.6. The molecule has 10 heteroatoms. The van der Waals surface area contributed by atoms with Gasteiger partial charge in [-0.05, 0) is 49.5 Å². The molecule has 0 aromatic heterocycles. The first-order valence-corrected chi connectivity index (χ1v) is 15.3. The van der Waals surface area contributed by atoms with Crippen LogP contribution < -0.4 is 0 Å². The summed E-state index contributed by atoms with van der Waals surface area (Å²) in [6.07, 6.45) is 0.00749. The Labute approximate surface area is 254 Å². The molecule has 0 radical (unpaired) electrons. The number of ether oxygens (including phenoxy) is 5. The lowest BCUT2D eigenvalue weighted by Gasteiger charge is -2.62. The van der Waals surface area contributed by atoms with Gasteiger partial charge in [0.1, 0.15) is 18.3 Å². The molecule has 0 aromatic carbocycles. The number of esters is 4. The molecule has 3 rings (SSSR count). The normalized spacial score (nSPS) is 35.3. The van der Waals surface area contributed by atoms with E-state index in [1.165, 1.54) is 13.8 Å². The first kappa shape index (κ1) is 34.5. The number of carbonyl (C=O) groups is 4. The molecule has 1 heterocycles. The molecule has 1 aliphatic heterocycles. The Morgan fingerprint density at radius 1 is 1.12 bits per heavy atom. The monoisotopic (exact) mass is 604 g/mol. The van der Waals surface area contributed by atoms with Crippen molar-refractivity contribution in [3.8, 4) is 0 Å². The Hall–Kier alpha value is -2.98. The average Bonchev–Trinajstić information content (AvgIpc) is 3.24. The van der Waals surface area contributed by atoms with Crippen LogP contribution in [0.4, 0.5) is 0 Å². The summed E-state index contributed by atoms with van der Waals surface area (Å²) in [6, 6.07) is 0. The largest absolute Gasteiger partial charge is 0.459 e. The minimum atomic E-state index is -1.49. The number of carbonyl (C=O) groups excluding carboxylic acids is 4. The van der Waals surface area contributed by atoms with Crippen molar-refractivity contribution >= 4 is 23.9 Å². The van der Waals surface area contributed by atoms with Crippen molar-refractivity contribution < 1.29 is 48.0 Å². The van der Waals surface area contributed by atoms with E-state index in [0.717, 1.165) is 5.57 Å². The van der Waals surface area contributed by atoms with E-state index in [0.29, 0.717) is 31.3 Å². The molecule has 2 fully saturated rings. The molecule has 240 valence electrons. The van der Waals surface area contributed by atoms with Crippen molar-refractivity contribution in [2.45, 2.75) is 118 Å². The fourth-order valence-corrected chi connectivity index (χ4v) is 7.05. The van der Waals surface area contributed by atoms with Crippen molar-refractivity contribution in [2.75, 3.05) is 0 Å². The maximum absolute atomic E-state index is 13.0. The number of aliphatic hydroxyl groups excluding tert-OH is 1. The Morgan fingerprint density at radius 3 is 2.33 bits per heavy atom. The zero-order valence-electron chi connectivity index (χ0n) is 26.6. The number of hydrogen-bond acceptors (Lipinski definition) is 10. The third-order valence-corrected chi connectivity index (χ3v) is 9.75. The van der Waals surface area contributed by atoms with E-state index < -0.39 is 71.5 Å². The average molecular weight is 605 g/mol. The molecule has 43 heavy (non-hydrogen) atoms. The van der Waals surface area contributed by atoms with Gasteiger partial charge in [-0.15, -0.1) is 0 Å². The smallest absolute Gasteiger partial charge is 0.309 e. The van der Waals surface area contributed by atoms with Crippen LogP contribution in [0.25, 0.3) is 0 Å². The lowest BCUT2D eigenvalue weighted by atomic mass is 9.44. The van der Waals surface area contributed by atoms with Crippen LogP contribution >= 0.6 is 0 Å². The van der Waals surface area contributed by atoms with Gasteiger partial charge in [0.05, 0.1) is 11.3 Å². The minimum absolute atomic E-state index is 0.116. The minimum Gasteiger partial charge on any atom is -0.459 e. The summed E-state index contributed by atoms with van der Waals surface area (Å²) in [5.41, 5.74) is -1.07. The molecule has 0 unspecified atom stereocenters. The predicted molar refractivity (Wildman–Crippen MR) is 157 cm³/mol. The molecule has 1 saturated carbocycles. The van der Waals surface area contributed by atoms with Gasteiger partial charge in [0.15, 0.2) is 0 Å². The van der Waals surface area contributed by atoms with Gasteiger partial charge in [0, 0.05) is 31.8 Å². The Bertz CT molecular complexity index is 1140. The van der Waals surface area contributed by atoms with Crippen molar-refractivity contribution in [3.63, 3.8) is 0 Å². The lowest BCUT2D eigenvalue weighted by Crippen LogP contribution is -2.68. The van der Waals surface area contributed by atoms with Crippen LogP contribution in [-0.2, 0) is 42.9 Å². The second-order valence-electron chi connectivity index (χ2n) is 12.5. The molecular weight excluding hydrogens is 556 g/mol. The number of rotatable bonds is 12. The van der Waals surface area contributed by atoms with Gasteiger partial charge in [-0.1, -0.05) is 59.4 Å². The molecular formula is C33H48O10. The van der Waals surface area contributed by atoms with E-state index in [9.17, 15) is 24.3 Å². The molecule has 1 spiro atoms. The third-order valence-electron chi connectivity index (χ3n) is 9.75. The SMILES string of the molecule is C=CC(=C)CC[C@@]1(C)[C@H]2C[C@H](OC(=O)[C@H](C)CC)C=C3[C@H](OC(=O)CCC)O[C@H](OC(C)=O)[C@]32[C@H](O)[C@H](OC(C)=O)[C@@H]1C. The topological polar surface area (TPSA) is 135 Å².